The summed E-state index contributed by atoms with van der Waals surface area (Å²) < 4.78 is 13.1. The first-order chi connectivity index (χ1) is 10.1. The van der Waals surface area contributed by atoms with E-state index in [1.807, 2.05) is 6.92 Å². The average molecular weight is 284 g/mol. The van der Waals surface area contributed by atoms with Crippen molar-refractivity contribution in [2.45, 2.75) is 26.3 Å². The minimum absolute atomic E-state index is 0.185. The highest BCUT2D eigenvalue weighted by atomic mass is 19.1. The molecule has 1 aliphatic heterocycles. The van der Waals surface area contributed by atoms with Crippen molar-refractivity contribution in [2.75, 3.05) is 23.8 Å². The van der Waals surface area contributed by atoms with Gasteiger partial charge < -0.3 is 10.2 Å². The molecule has 0 spiro atoms. The molecule has 1 heterocycles. The Morgan fingerprint density at radius 2 is 2.05 bits per heavy atom. The van der Waals surface area contributed by atoms with Crippen LogP contribution in [-0.2, 0) is 13.0 Å². The predicted molar refractivity (Wildman–Crippen MR) is 86.5 cm³/mol. The number of fused-ring (bicyclic) bond motifs is 1. The van der Waals surface area contributed by atoms with E-state index in [0.717, 1.165) is 30.8 Å². The Labute approximate surface area is 125 Å². The molecule has 0 saturated heterocycles. The van der Waals surface area contributed by atoms with E-state index >= 15 is 0 Å². The summed E-state index contributed by atoms with van der Waals surface area (Å²) >= 11 is 0. The third-order valence-corrected chi connectivity index (χ3v) is 4.17. The third kappa shape index (κ3) is 3.02. The van der Waals surface area contributed by atoms with Gasteiger partial charge >= 0.3 is 0 Å². The molecule has 21 heavy (non-hydrogen) atoms. The molecule has 0 fully saturated rings. The van der Waals surface area contributed by atoms with Gasteiger partial charge in [0.1, 0.15) is 5.82 Å². The maximum Gasteiger partial charge on any atom is 0.123 e. The number of benzene rings is 2. The van der Waals surface area contributed by atoms with E-state index in [-0.39, 0.29) is 5.82 Å². The minimum atomic E-state index is -0.185. The fourth-order valence-corrected chi connectivity index (χ4v) is 2.97. The lowest BCUT2D eigenvalue weighted by molar-refractivity contribution is 0.627. The monoisotopic (exact) mass is 284 g/mol. The maximum atomic E-state index is 13.1. The molecule has 1 N–H and O–H groups in total. The van der Waals surface area contributed by atoms with Crippen LogP contribution in [0.4, 0.5) is 15.8 Å². The summed E-state index contributed by atoms with van der Waals surface area (Å²) in [4.78, 5) is 2.32. The molecular weight excluding hydrogens is 263 g/mol. The van der Waals surface area contributed by atoms with Gasteiger partial charge in [0.15, 0.2) is 0 Å². The van der Waals surface area contributed by atoms with Gasteiger partial charge in [-0.3, -0.25) is 0 Å². The van der Waals surface area contributed by atoms with Gasteiger partial charge in [0.05, 0.1) is 0 Å². The molecule has 3 heteroatoms. The molecular formula is C18H21FN2. The summed E-state index contributed by atoms with van der Waals surface area (Å²) in [6.07, 6.45) is 2.38. The number of rotatable bonds is 3. The SMILES string of the molecule is Cc1cc(F)ccc1NCc1ccc2c(c1)CCCN2C. The average Bonchev–Trinajstić information content (AvgIpc) is 2.46. The third-order valence-electron chi connectivity index (χ3n) is 4.17. The van der Waals surface area contributed by atoms with Crippen molar-refractivity contribution in [3.63, 3.8) is 0 Å². The van der Waals surface area contributed by atoms with E-state index < -0.39 is 0 Å². The Balaban J connectivity index is 1.73. The fourth-order valence-electron chi connectivity index (χ4n) is 2.97. The quantitative estimate of drug-likeness (QED) is 0.911. The van der Waals surface area contributed by atoms with Crippen LogP contribution < -0.4 is 10.2 Å². The van der Waals surface area contributed by atoms with Crippen molar-refractivity contribution in [3.05, 3.63) is 58.9 Å². The number of nitrogens with zero attached hydrogens (tertiary/aromatic N) is 1. The van der Waals surface area contributed by atoms with Crippen LogP contribution in [0.5, 0.6) is 0 Å². The molecule has 0 aliphatic carbocycles. The first-order valence-electron chi connectivity index (χ1n) is 7.46. The fraction of sp³-hybridized carbons (Fsp3) is 0.333. The summed E-state index contributed by atoms with van der Waals surface area (Å²) in [5, 5.41) is 3.39. The Bertz CT molecular complexity index is 652. The van der Waals surface area contributed by atoms with Crippen LogP contribution in [0.2, 0.25) is 0 Å². The van der Waals surface area contributed by atoms with Crippen LogP contribution in [-0.4, -0.2) is 13.6 Å². The highest BCUT2D eigenvalue weighted by Gasteiger charge is 2.13. The summed E-state index contributed by atoms with van der Waals surface area (Å²) in [7, 11) is 2.15. The molecule has 1 aliphatic rings. The Morgan fingerprint density at radius 3 is 2.86 bits per heavy atom. The summed E-state index contributed by atoms with van der Waals surface area (Å²) in [6.45, 7) is 3.83. The second-order valence-corrected chi connectivity index (χ2v) is 5.80. The lowest BCUT2D eigenvalue weighted by Gasteiger charge is -2.28. The van der Waals surface area contributed by atoms with Gasteiger partial charge in [-0.2, -0.15) is 0 Å². The van der Waals surface area contributed by atoms with E-state index in [9.17, 15) is 4.39 Å². The van der Waals surface area contributed by atoms with Gasteiger partial charge in [-0.15, -0.1) is 0 Å². The second kappa shape index (κ2) is 5.76. The molecule has 0 amide bonds. The molecule has 0 atom stereocenters. The Morgan fingerprint density at radius 1 is 1.19 bits per heavy atom. The van der Waals surface area contributed by atoms with Crippen LogP contribution in [0.1, 0.15) is 23.1 Å². The molecule has 0 bridgehead atoms. The summed E-state index contributed by atoms with van der Waals surface area (Å²) in [5.41, 5.74) is 5.98. The van der Waals surface area contributed by atoms with Crippen molar-refractivity contribution in [1.82, 2.24) is 0 Å². The molecule has 0 saturated carbocycles. The molecule has 2 aromatic carbocycles. The largest absolute Gasteiger partial charge is 0.381 e. The topological polar surface area (TPSA) is 15.3 Å². The molecule has 110 valence electrons. The van der Waals surface area contributed by atoms with E-state index in [4.69, 9.17) is 0 Å². The van der Waals surface area contributed by atoms with Crippen molar-refractivity contribution in [2.24, 2.45) is 0 Å². The van der Waals surface area contributed by atoms with Gasteiger partial charge in [-0.1, -0.05) is 12.1 Å². The Kier molecular flexibility index (Phi) is 3.82. The van der Waals surface area contributed by atoms with Gasteiger partial charge in [-0.05, 0) is 60.7 Å². The molecule has 2 aromatic rings. The van der Waals surface area contributed by atoms with Gasteiger partial charge in [-0.25, -0.2) is 4.39 Å². The van der Waals surface area contributed by atoms with Gasteiger partial charge in [0.2, 0.25) is 0 Å². The van der Waals surface area contributed by atoms with Crippen LogP contribution in [0.25, 0.3) is 0 Å². The van der Waals surface area contributed by atoms with Gasteiger partial charge in [0.25, 0.3) is 0 Å². The number of aryl methyl sites for hydroxylation is 2. The highest BCUT2D eigenvalue weighted by Crippen LogP contribution is 2.27. The first kappa shape index (κ1) is 13.9. The standard InChI is InChI=1S/C18H21FN2/c1-13-10-16(19)6-7-17(13)20-12-14-5-8-18-15(11-14)4-3-9-21(18)2/h5-8,10-11,20H,3-4,9,12H2,1-2H3. The lowest BCUT2D eigenvalue weighted by atomic mass is 9.99. The molecule has 0 aromatic heterocycles. The van der Waals surface area contributed by atoms with Crippen molar-refractivity contribution >= 4 is 11.4 Å². The maximum absolute atomic E-state index is 13.1. The smallest absolute Gasteiger partial charge is 0.123 e. The van der Waals surface area contributed by atoms with E-state index in [1.165, 1.54) is 29.3 Å². The van der Waals surface area contributed by atoms with Crippen molar-refractivity contribution in [3.8, 4) is 0 Å². The number of anilines is 2. The summed E-state index contributed by atoms with van der Waals surface area (Å²) in [6, 6.07) is 11.5. The highest BCUT2D eigenvalue weighted by molar-refractivity contribution is 5.57. The van der Waals surface area contributed by atoms with Crippen molar-refractivity contribution < 1.29 is 4.39 Å². The van der Waals surface area contributed by atoms with E-state index in [1.54, 1.807) is 12.1 Å². The lowest BCUT2D eigenvalue weighted by Crippen LogP contribution is -2.24. The number of halogens is 1. The van der Waals surface area contributed by atoms with Gasteiger partial charge in [0, 0.05) is 31.5 Å². The number of nitrogens with one attached hydrogen (secondary N) is 1. The number of hydrogen-bond acceptors (Lipinski definition) is 2. The van der Waals surface area contributed by atoms with E-state index in [2.05, 4.69) is 35.5 Å². The van der Waals surface area contributed by atoms with Crippen LogP contribution in [0.15, 0.2) is 36.4 Å². The zero-order chi connectivity index (χ0) is 14.8. The second-order valence-electron chi connectivity index (χ2n) is 5.80. The predicted octanol–water partition coefficient (Wildman–Crippen LogP) is 4.13. The zero-order valence-corrected chi connectivity index (χ0v) is 12.6. The molecule has 0 unspecified atom stereocenters. The van der Waals surface area contributed by atoms with Crippen LogP contribution in [0.3, 0.4) is 0 Å². The van der Waals surface area contributed by atoms with E-state index in [0.29, 0.717) is 0 Å². The molecule has 2 nitrogen and oxygen atoms in total. The minimum Gasteiger partial charge on any atom is -0.381 e. The van der Waals surface area contributed by atoms with Crippen LogP contribution >= 0.6 is 0 Å². The number of hydrogen-bond donors (Lipinski definition) is 1. The molecule has 0 radical (unpaired) electrons. The van der Waals surface area contributed by atoms with Crippen LogP contribution in [0, 0.1) is 12.7 Å². The zero-order valence-electron chi connectivity index (χ0n) is 12.6. The first-order valence-corrected chi connectivity index (χ1v) is 7.46. The summed E-state index contributed by atoms with van der Waals surface area (Å²) in [5.74, 6) is -0.185. The van der Waals surface area contributed by atoms with Crippen molar-refractivity contribution in [1.29, 1.82) is 0 Å². The molecule has 3 rings (SSSR count). The normalized spacial score (nSPS) is 14.0. The Hall–Kier alpha value is -2.03.